The highest BCUT2D eigenvalue weighted by atomic mass is 16.1. The molecule has 4 rings (SSSR count). The molecule has 138 valence electrons. The smallest absolute Gasteiger partial charge is 0.225 e. The first-order valence-electron chi connectivity index (χ1n) is 9.72. The van der Waals surface area contributed by atoms with Crippen LogP contribution in [0, 0.1) is 20.8 Å². The number of hydrogen-bond donors (Lipinski definition) is 1. The highest BCUT2D eigenvalue weighted by Gasteiger charge is 2.28. The second kappa shape index (κ2) is 6.78. The van der Waals surface area contributed by atoms with Crippen LogP contribution < -0.4 is 10.2 Å². The van der Waals surface area contributed by atoms with Crippen molar-refractivity contribution >= 4 is 17.3 Å². The van der Waals surface area contributed by atoms with Crippen molar-refractivity contribution in [1.82, 2.24) is 9.78 Å². The van der Waals surface area contributed by atoms with Gasteiger partial charge in [-0.05, 0) is 69.2 Å². The summed E-state index contributed by atoms with van der Waals surface area (Å²) in [6, 6.07) is 6.60. The number of anilines is 2. The number of carbonyl (C=O) groups excluding carboxylic acids is 1. The van der Waals surface area contributed by atoms with Crippen LogP contribution in [0.1, 0.15) is 54.1 Å². The van der Waals surface area contributed by atoms with Crippen LogP contribution in [-0.4, -0.2) is 28.8 Å². The van der Waals surface area contributed by atoms with E-state index in [2.05, 4.69) is 52.0 Å². The van der Waals surface area contributed by atoms with Crippen molar-refractivity contribution in [2.45, 2.75) is 58.9 Å². The molecule has 1 aromatic carbocycles. The molecule has 26 heavy (non-hydrogen) atoms. The second-order valence-corrected chi connectivity index (χ2v) is 7.76. The molecule has 2 aliphatic rings. The van der Waals surface area contributed by atoms with Crippen LogP contribution >= 0.6 is 0 Å². The molecule has 0 radical (unpaired) electrons. The summed E-state index contributed by atoms with van der Waals surface area (Å²) in [5.41, 5.74) is 7.06. The van der Waals surface area contributed by atoms with Crippen LogP contribution in [0.2, 0.25) is 0 Å². The number of benzene rings is 1. The predicted octanol–water partition coefficient (Wildman–Crippen LogP) is 3.92. The fraction of sp³-hybridized carbons (Fsp3) is 0.524. The molecule has 2 aliphatic heterocycles. The van der Waals surface area contributed by atoms with Gasteiger partial charge in [0.15, 0.2) is 0 Å². The van der Waals surface area contributed by atoms with E-state index in [0.29, 0.717) is 6.42 Å². The van der Waals surface area contributed by atoms with Gasteiger partial charge in [-0.2, -0.15) is 5.10 Å². The van der Waals surface area contributed by atoms with Crippen molar-refractivity contribution in [3.05, 3.63) is 40.7 Å². The first-order valence-corrected chi connectivity index (χ1v) is 9.72. The number of carbonyl (C=O) groups is 1. The Morgan fingerprint density at radius 2 is 1.96 bits per heavy atom. The Kier molecular flexibility index (Phi) is 4.47. The van der Waals surface area contributed by atoms with Crippen molar-refractivity contribution < 1.29 is 4.79 Å². The largest absolute Gasteiger partial charge is 0.371 e. The number of fused-ring (bicyclic) bond motifs is 1. The summed E-state index contributed by atoms with van der Waals surface area (Å²) in [4.78, 5) is 14.8. The van der Waals surface area contributed by atoms with Gasteiger partial charge >= 0.3 is 0 Å². The Morgan fingerprint density at radius 1 is 1.19 bits per heavy atom. The van der Waals surface area contributed by atoms with E-state index >= 15 is 0 Å². The number of hydrogen-bond acceptors (Lipinski definition) is 3. The van der Waals surface area contributed by atoms with E-state index in [-0.39, 0.29) is 11.8 Å². The molecular formula is C21H28N4O. The van der Waals surface area contributed by atoms with Crippen molar-refractivity contribution in [2.24, 2.45) is 0 Å². The highest BCUT2D eigenvalue weighted by molar-refractivity contribution is 5.96. The van der Waals surface area contributed by atoms with E-state index in [0.717, 1.165) is 37.4 Å². The Bertz CT molecular complexity index is 833. The Balaban J connectivity index is 1.59. The van der Waals surface area contributed by atoms with Gasteiger partial charge in [0.25, 0.3) is 0 Å². The maximum Gasteiger partial charge on any atom is 0.225 e. The van der Waals surface area contributed by atoms with E-state index in [1.807, 2.05) is 6.92 Å². The Morgan fingerprint density at radius 3 is 2.65 bits per heavy atom. The van der Waals surface area contributed by atoms with Crippen molar-refractivity contribution in [3.8, 4) is 0 Å². The van der Waals surface area contributed by atoms with Crippen LogP contribution in [0.5, 0.6) is 0 Å². The van der Waals surface area contributed by atoms with Gasteiger partial charge in [0.2, 0.25) is 5.91 Å². The molecule has 5 nitrogen and oxygen atoms in total. The van der Waals surface area contributed by atoms with Crippen LogP contribution in [0.15, 0.2) is 18.2 Å². The lowest BCUT2D eigenvalue weighted by molar-refractivity contribution is -0.116. The van der Waals surface area contributed by atoms with Crippen molar-refractivity contribution in [1.29, 1.82) is 0 Å². The monoisotopic (exact) mass is 352 g/mol. The first kappa shape index (κ1) is 17.1. The average Bonchev–Trinajstić information content (AvgIpc) is 3.23. The zero-order valence-electron chi connectivity index (χ0n) is 16.0. The van der Waals surface area contributed by atoms with Gasteiger partial charge in [-0.3, -0.25) is 9.48 Å². The zero-order valence-corrected chi connectivity index (χ0v) is 16.0. The van der Waals surface area contributed by atoms with Gasteiger partial charge in [-0.15, -0.1) is 0 Å². The number of aromatic nitrogens is 2. The van der Waals surface area contributed by atoms with E-state index < -0.39 is 0 Å². The number of aryl methyl sites for hydroxylation is 3. The molecule has 2 aromatic rings. The third-order valence-corrected chi connectivity index (χ3v) is 5.84. The minimum absolute atomic E-state index is 0.137. The summed E-state index contributed by atoms with van der Waals surface area (Å²) in [5, 5.41) is 7.71. The molecule has 0 aliphatic carbocycles. The second-order valence-electron chi connectivity index (χ2n) is 7.76. The maximum absolute atomic E-state index is 12.4. The normalized spacial score (nSPS) is 19.6. The molecule has 1 saturated heterocycles. The number of rotatable bonds is 4. The fourth-order valence-electron chi connectivity index (χ4n) is 4.49. The highest BCUT2D eigenvalue weighted by Crippen LogP contribution is 2.41. The quantitative estimate of drug-likeness (QED) is 0.907. The molecule has 0 spiro atoms. The van der Waals surface area contributed by atoms with Gasteiger partial charge in [0, 0.05) is 43.1 Å². The lowest BCUT2D eigenvalue weighted by Crippen LogP contribution is -2.26. The Hall–Kier alpha value is -2.30. The third-order valence-electron chi connectivity index (χ3n) is 5.84. The van der Waals surface area contributed by atoms with E-state index in [4.69, 9.17) is 0 Å². The topological polar surface area (TPSA) is 50.2 Å². The third kappa shape index (κ3) is 3.11. The molecule has 1 unspecified atom stereocenters. The number of amides is 1. The molecule has 1 aromatic heterocycles. The summed E-state index contributed by atoms with van der Waals surface area (Å²) >= 11 is 0. The summed E-state index contributed by atoms with van der Waals surface area (Å²) in [6.45, 7) is 9.36. The summed E-state index contributed by atoms with van der Waals surface area (Å²) < 4.78 is 2.06. The lowest BCUT2D eigenvalue weighted by atomic mass is 9.86. The lowest BCUT2D eigenvalue weighted by Gasteiger charge is -2.30. The van der Waals surface area contributed by atoms with Crippen LogP contribution in [0.4, 0.5) is 11.4 Å². The standard InChI is InChI=1S/C21H28N4O/c1-14-12-15(2)25(23-14)11-8-17-13-20(26)22-21-16(3)19(7-6-18(17)21)24-9-4-5-10-24/h6-7,12,17H,4-5,8-11,13H2,1-3H3,(H,22,26). The van der Waals surface area contributed by atoms with Crippen LogP contribution in [0.3, 0.4) is 0 Å². The minimum atomic E-state index is 0.137. The van der Waals surface area contributed by atoms with Gasteiger partial charge in [0.1, 0.15) is 0 Å². The van der Waals surface area contributed by atoms with E-state index in [1.54, 1.807) is 0 Å². The van der Waals surface area contributed by atoms with E-state index in [1.165, 1.54) is 35.3 Å². The summed E-state index contributed by atoms with van der Waals surface area (Å²) in [7, 11) is 0. The zero-order chi connectivity index (χ0) is 18.3. The van der Waals surface area contributed by atoms with Crippen molar-refractivity contribution in [3.63, 3.8) is 0 Å². The Labute approximate surface area is 155 Å². The van der Waals surface area contributed by atoms with E-state index in [9.17, 15) is 4.79 Å². The maximum atomic E-state index is 12.4. The van der Waals surface area contributed by atoms with Gasteiger partial charge < -0.3 is 10.2 Å². The first-order chi connectivity index (χ1) is 12.5. The molecular weight excluding hydrogens is 324 g/mol. The van der Waals surface area contributed by atoms with Gasteiger partial charge in [-0.1, -0.05) is 6.07 Å². The molecule has 3 heterocycles. The fourth-order valence-corrected chi connectivity index (χ4v) is 4.49. The molecule has 1 N–H and O–H groups in total. The molecule has 0 bridgehead atoms. The van der Waals surface area contributed by atoms with Gasteiger partial charge in [0.05, 0.1) is 5.69 Å². The molecule has 1 fully saturated rings. The molecule has 1 atom stereocenters. The molecule has 1 amide bonds. The number of nitrogens with zero attached hydrogens (tertiary/aromatic N) is 3. The average molecular weight is 352 g/mol. The van der Waals surface area contributed by atoms with Crippen LogP contribution in [0.25, 0.3) is 0 Å². The van der Waals surface area contributed by atoms with Crippen molar-refractivity contribution in [2.75, 3.05) is 23.3 Å². The molecule has 5 heteroatoms. The number of nitrogens with one attached hydrogen (secondary N) is 1. The SMILES string of the molecule is Cc1cc(C)n(CCC2CC(=O)Nc3c2ccc(N2CCCC2)c3C)n1. The summed E-state index contributed by atoms with van der Waals surface area (Å²) in [6.07, 6.45) is 4.02. The minimum Gasteiger partial charge on any atom is -0.371 e. The predicted molar refractivity (Wildman–Crippen MR) is 105 cm³/mol. The van der Waals surface area contributed by atoms with Gasteiger partial charge in [-0.25, -0.2) is 0 Å². The van der Waals surface area contributed by atoms with Crippen LogP contribution in [-0.2, 0) is 11.3 Å². The summed E-state index contributed by atoms with van der Waals surface area (Å²) in [5.74, 6) is 0.395. The molecule has 0 saturated carbocycles.